The first-order chi connectivity index (χ1) is 7.89. The fraction of sp³-hybridized carbons (Fsp3) is 0.769. The van der Waals surface area contributed by atoms with E-state index in [1.165, 1.54) is 9.88 Å². The van der Waals surface area contributed by atoms with Gasteiger partial charge in [-0.25, -0.2) is 4.98 Å². The maximum Gasteiger partial charge on any atom is 0.0981 e. The molecule has 0 radical (unpaired) electrons. The lowest BCUT2D eigenvalue weighted by molar-refractivity contribution is 0.181. The van der Waals surface area contributed by atoms with Crippen LogP contribution in [0.5, 0.6) is 0 Å². The molecule has 1 heterocycles. The molecular formula is C13H24N2OS. The summed E-state index contributed by atoms with van der Waals surface area (Å²) in [6.07, 6.45) is 3.66. The van der Waals surface area contributed by atoms with E-state index in [0.717, 1.165) is 25.9 Å². The standard InChI is InChI=1S/C13H24N2OS/c1-10(16)6-5-7-14-8-11-9-15-12(17-11)13(2,3)4/h9-10,14,16H,5-8H2,1-4H3. The fourth-order valence-electron chi connectivity index (χ4n) is 1.47. The van der Waals surface area contributed by atoms with Crippen LogP contribution in [-0.2, 0) is 12.0 Å². The van der Waals surface area contributed by atoms with Crippen LogP contribution in [0.4, 0.5) is 0 Å². The zero-order valence-corrected chi connectivity index (χ0v) is 12.1. The SMILES string of the molecule is CC(O)CCCNCc1cnc(C(C)(C)C)s1. The molecule has 0 spiro atoms. The fourth-order valence-corrected chi connectivity index (χ4v) is 2.41. The van der Waals surface area contributed by atoms with Crippen molar-refractivity contribution < 1.29 is 5.11 Å². The lowest BCUT2D eigenvalue weighted by atomic mass is 9.98. The van der Waals surface area contributed by atoms with E-state index in [0.29, 0.717) is 0 Å². The van der Waals surface area contributed by atoms with Crippen molar-refractivity contribution in [2.45, 2.75) is 58.6 Å². The third-order valence-corrected chi connectivity index (χ3v) is 3.89. The summed E-state index contributed by atoms with van der Waals surface area (Å²) < 4.78 is 0. The Morgan fingerprint density at radius 2 is 2.18 bits per heavy atom. The van der Waals surface area contributed by atoms with Gasteiger partial charge in [0.25, 0.3) is 0 Å². The van der Waals surface area contributed by atoms with Gasteiger partial charge in [0, 0.05) is 23.0 Å². The van der Waals surface area contributed by atoms with Crippen LogP contribution in [0.25, 0.3) is 0 Å². The van der Waals surface area contributed by atoms with Crippen LogP contribution < -0.4 is 5.32 Å². The van der Waals surface area contributed by atoms with Gasteiger partial charge in [-0.05, 0) is 26.3 Å². The second-order valence-electron chi connectivity index (χ2n) is 5.55. The molecule has 1 unspecified atom stereocenters. The summed E-state index contributed by atoms with van der Waals surface area (Å²) >= 11 is 1.78. The van der Waals surface area contributed by atoms with Crippen LogP contribution in [0, 0.1) is 0 Å². The Kier molecular flexibility index (Phi) is 5.56. The summed E-state index contributed by atoms with van der Waals surface area (Å²) in [6, 6.07) is 0. The van der Waals surface area contributed by atoms with Crippen molar-refractivity contribution in [1.82, 2.24) is 10.3 Å². The molecule has 0 aliphatic rings. The highest BCUT2D eigenvalue weighted by Gasteiger charge is 2.17. The topological polar surface area (TPSA) is 45.1 Å². The van der Waals surface area contributed by atoms with Crippen LogP contribution in [0.3, 0.4) is 0 Å². The average molecular weight is 256 g/mol. The summed E-state index contributed by atoms with van der Waals surface area (Å²) in [5.41, 5.74) is 0.148. The Bertz CT molecular complexity index is 328. The van der Waals surface area contributed by atoms with Crippen molar-refractivity contribution >= 4 is 11.3 Å². The summed E-state index contributed by atoms with van der Waals surface area (Å²) in [7, 11) is 0. The first-order valence-corrected chi connectivity index (χ1v) is 7.05. The van der Waals surface area contributed by atoms with Gasteiger partial charge in [-0.2, -0.15) is 0 Å². The number of nitrogens with one attached hydrogen (secondary N) is 1. The molecule has 1 aromatic heterocycles. The lowest BCUT2D eigenvalue weighted by Crippen LogP contribution is -2.15. The van der Waals surface area contributed by atoms with Crippen molar-refractivity contribution in [2.24, 2.45) is 0 Å². The molecule has 3 nitrogen and oxygen atoms in total. The second-order valence-corrected chi connectivity index (χ2v) is 6.66. The van der Waals surface area contributed by atoms with Crippen LogP contribution in [-0.4, -0.2) is 22.7 Å². The number of nitrogens with zero attached hydrogens (tertiary/aromatic N) is 1. The minimum Gasteiger partial charge on any atom is -0.393 e. The predicted octanol–water partition coefficient (Wildman–Crippen LogP) is 2.69. The molecular weight excluding hydrogens is 232 g/mol. The maximum absolute atomic E-state index is 9.13. The molecule has 1 atom stereocenters. The minimum absolute atomic E-state index is 0.148. The largest absolute Gasteiger partial charge is 0.393 e. The zero-order valence-electron chi connectivity index (χ0n) is 11.3. The van der Waals surface area contributed by atoms with E-state index in [-0.39, 0.29) is 11.5 Å². The number of aliphatic hydroxyl groups excluding tert-OH is 1. The zero-order chi connectivity index (χ0) is 12.9. The number of hydrogen-bond donors (Lipinski definition) is 2. The second kappa shape index (κ2) is 6.47. The Balaban J connectivity index is 2.26. The summed E-state index contributed by atoms with van der Waals surface area (Å²) in [5, 5.41) is 13.7. The van der Waals surface area contributed by atoms with Gasteiger partial charge >= 0.3 is 0 Å². The predicted molar refractivity (Wildman–Crippen MR) is 73.4 cm³/mol. The van der Waals surface area contributed by atoms with Gasteiger partial charge in [0.1, 0.15) is 0 Å². The first kappa shape index (κ1) is 14.6. The molecule has 98 valence electrons. The van der Waals surface area contributed by atoms with Gasteiger partial charge in [0.15, 0.2) is 0 Å². The maximum atomic E-state index is 9.13. The summed E-state index contributed by atoms with van der Waals surface area (Å²) in [5.74, 6) is 0. The minimum atomic E-state index is -0.187. The molecule has 1 aromatic rings. The van der Waals surface area contributed by atoms with E-state index in [1.54, 1.807) is 11.3 Å². The van der Waals surface area contributed by atoms with Crippen molar-refractivity contribution in [3.63, 3.8) is 0 Å². The van der Waals surface area contributed by atoms with Gasteiger partial charge in [-0.3, -0.25) is 0 Å². The highest BCUT2D eigenvalue weighted by molar-refractivity contribution is 7.11. The molecule has 2 N–H and O–H groups in total. The van der Waals surface area contributed by atoms with E-state index < -0.39 is 0 Å². The van der Waals surface area contributed by atoms with Crippen molar-refractivity contribution in [3.8, 4) is 0 Å². The highest BCUT2D eigenvalue weighted by Crippen LogP contribution is 2.26. The van der Waals surface area contributed by atoms with Crippen LogP contribution in [0.1, 0.15) is 50.4 Å². The normalized spacial score (nSPS) is 13.9. The lowest BCUT2D eigenvalue weighted by Gasteiger charge is -2.13. The quantitative estimate of drug-likeness (QED) is 0.769. The molecule has 1 rings (SSSR count). The molecule has 0 amide bonds. The molecule has 4 heteroatoms. The Morgan fingerprint density at radius 1 is 1.47 bits per heavy atom. The third-order valence-electron chi connectivity index (χ3n) is 2.47. The van der Waals surface area contributed by atoms with E-state index in [2.05, 4.69) is 31.1 Å². The number of aliphatic hydroxyl groups is 1. The molecule has 0 aliphatic heterocycles. The van der Waals surface area contributed by atoms with Crippen molar-refractivity contribution in [2.75, 3.05) is 6.54 Å². The molecule has 0 saturated heterocycles. The molecule has 17 heavy (non-hydrogen) atoms. The van der Waals surface area contributed by atoms with Crippen LogP contribution >= 0.6 is 11.3 Å². The number of hydrogen-bond acceptors (Lipinski definition) is 4. The smallest absolute Gasteiger partial charge is 0.0981 e. The molecule has 0 bridgehead atoms. The van der Waals surface area contributed by atoms with Gasteiger partial charge in [-0.1, -0.05) is 20.8 Å². The van der Waals surface area contributed by atoms with Crippen molar-refractivity contribution in [3.05, 3.63) is 16.1 Å². The van der Waals surface area contributed by atoms with E-state index >= 15 is 0 Å². The molecule has 0 saturated carbocycles. The Hall–Kier alpha value is -0.450. The van der Waals surface area contributed by atoms with E-state index in [9.17, 15) is 0 Å². The molecule has 0 fully saturated rings. The Morgan fingerprint density at radius 3 is 2.71 bits per heavy atom. The van der Waals surface area contributed by atoms with Crippen molar-refractivity contribution in [1.29, 1.82) is 0 Å². The third kappa shape index (κ3) is 5.61. The molecule has 0 aromatic carbocycles. The number of rotatable bonds is 6. The van der Waals surface area contributed by atoms with Crippen LogP contribution in [0.2, 0.25) is 0 Å². The summed E-state index contributed by atoms with van der Waals surface area (Å²) in [6.45, 7) is 10.2. The molecule has 0 aliphatic carbocycles. The van der Waals surface area contributed by atoms with Gasteiger partial charge in [-0.15, -0.1) is 11.3 Å². The van der Waals surface area contributed by atoms with Gasteiger partial charge in [0.05, 0.1) is 11.1 Å². The van der Waals surface area contributed by atoms with Gasteiger partial charge in [0.2, 0.25) is 0 Å². The first-order valence-electron chi connectivity index (χ1n) is 6.23. The van der Waals surface area contributed by atoms with Crippen LogP contribution in [0.15, 0.2) is 6.20 Å². The van der Waals surface area contributed by atoms with Gasteiger partial charge < -0.3 is 10.4 Å². The highest BCUT2D eigenvalue weighted by atomic mass is 32.1. The Labute approximate surface area is 108 Å². The average Bonchev–Trinajstić information content (AvgIpc) is 2.64. The summed E-state index contributed by atoms with van der Waals surface area (Å²) in [4.78, 5) is 5.74. The number of thiazole rings is 1. The van der Waals surface area contributed by atoms with E-state index in [4.69, 9.17) is 5.11 Å². The number of aromatic nitrogens is 1. The monoisotopic (exact) mass is 256 g/mol. The van der Waals surface area contributed by atoms with E-state index in [1.807, 2.05) is 13.1 Å².